The van der Waals surface area contributed by atoms with Gasteiger partial charge >= 0.3 is 6.03 Å². The van der Waals surface area contributed by atoms with E-state index in [-0.39, 0.29) is 12.1 Å². The van der Waals surface area contributed by atoms with Crippen molar-refractivity contribution in [2.45, 2.75) is 65.6 Å². The SMILES string of the molecule is Cc1cc(N2CCC(NC(=O)N3CCn4c(nnc4C(C)C)C3)CC2)nc(C)n1. The molecule has 0 aromatic carbocycles. The van der Waals surface area contributed by atoms with Crippen molar-refractivity contribution in [3.05, 3.63) is 29.2 Å². The van der Waals surface area contributed by atoms with Crippen LogP contribution in [0.2, 0.25) is 0 Å². The molecule has 2 amide bonds. The minimum absolute atomic E-state index is 0.00229. The molecule has 1 saturated heterocycles. The van der Waals surface area contributed by atoms with Gasteiger partial charge in [0.25, 0.3) is 0 Å². The fourth-order valence-corrected chi connectivity index (χ4v) is 4.16. The Kier molecular flexibility index (Phi) is 5.38. The van der Waals surface area contributed by atoms with Gasteiger partial charge in [0.2, 0.25) is 0 Å². The summed E-state index contributed by atoms with van der Waals surface area (Å²) in [5.41, 5.74) is 0.987. The van der Waals surface area contributed by atoms with Gasteiger partial charge in [-0.1, -0.05) is 13.8 Å². The van der Waals surface area contributed by atoms with Gasteiger partial charge in [0.15, 0.2) is 5.82 Å². The molecule has 0 unspecified atom stereocenters. The van der Waals surface area contributed by atoms with Gasteiger partial charge in [-0.3, -0.25) is 0 Å². The number of urea groups is 1. The number of nitrogens with one attached hydrogen (secondary N) is 1. The molecule has 0 bridgehead atoms. The maximum Gasteiger partial charge on any atom is 0.318 e. The van der Waals surface area contributed by atoms with Crippen molar-refractivity contribution in [3.8, 4) is 0 Å². The first-order valence-corrected chi connectivity index (χ1v) is 10.5. The summed E-state index contributed by atoms with van der Waals surface area (Å²) in [6.07, 6.45) is 1.82. The Morgan fingerprint density at radius 2 is 1.86 bits per heavy atom. The predicted molar refractivity (Wildman–Crippen MR) is 110 cm³/mol. The van der Waals surface area contributed by atoms with Gasteiger partial charge in [-0.2, -0.15) is 0 Å². The molecule has 4 heterocycles. The largest absolute Gasteiger partial charge is 0.356 e. The van der Waals surface area contributed by atoms with Crippen LogP contribution in [0.3, 0.4) is 0 Å². The van der Waals surface area contributed by atoms with E-state index in [4.69, 9.17) is 0 Å². The first-order valence-electron chi connectivity index (χ1n) is 10.5. The molecule has 4 rings (SSSR count). The number of piperidine rings is 1. The predicted octanol–water partition coefficient (Wildman–Crippen LogP) is 2.00. The summed E-state index contributed by atoms with van der Waals surface area (Å²) in [7, 11) is 0. The average Bonchev–Trinajstić information content (AvgIpc) is 3.11. The van der Waals surface area contributed by atoms with Crippen molar-refractivity contribution >= 4 is 11.8 Å². The second-order valence-corrected chi connectivity index (χ2v) is 8.33. The maximum atomic E-state index is 12.8. The molecule has 2 aliphatic rings. The summed E-state index contributed by atoms with van der Waals surface area (Å²) >= 11 is 0. The summed E-state index contributed by atoms with van der Waals surface area (Å²) in [5, 5.41) is 11.8. The summed E-state index contributed by atoms with van der Waals surface area (Å²) in [5.74, 6) is 4.00. The van der Waals surface area contributed by atoms with Crippen LogP contribution in [0.25, 0.3) is 0 Å². The number of hydrogen-bond donors (Lipinski definition) is 1. The molecule has 9 heteroatoms. The molecule has 0 saturated carbocycles. The third-order valence-electron chi connectivity index (χ3n) is 5.68. The fraction of sp³-hybridized carbons (Fsp3) is 0.650. The normalized spacial score (nSPS) is 17.6. The number of nitrogens with zero attached hydrogens (tertiary/aromatic N) is 7. The molecule has 0 spiro atoms. The Morgan fingerprint density at radius 3 is 2.55 bits per heavy atom. The molecule has 2 aromatic heterocycles. The minimum atomic E-state index is -0.00229. The van der Waals surface area contributed by atoms with Gasteiger partial charge in [0.1, 0.15) is 17.5 Å². The highest BCUT2D eigenvalue weighted by molar-refractivity contribution is 5.74. The van der Waals surface area contributed by atoms with Gasteiger partial charge in [0.05, 0.1) is 6.54 Å². The summed E-state index contributed by atoms with van der Waals surface area (Å²) in [6, 6.07) is 2.22. The van der Waals surface area contributed by atoms with Crippen molar-refractivity contribution < 1.29 is 4.79 Å². The number of anilines is 1. The second kappa shape index (κ2) is 7.96. The lowest BCUT2D eigenvalue weighted by atomic mass is 10.1. The Hall–Kier alpha value is -2.71. The third-order valence-corrected chi connectivity index (χ3v) is 5.68. The van der Waals surface area contributed by atoms with Crippen LogP contribution < -0.4 is 10.2 Å². The molecule has 0 atom stereocenters. The van der Waals surface area contributed by atoms with Crippen LogP contribution in [0.5, 0.6) is 0 Å². The topological polar surface area (TPSA) is 92.1 Å². The number of rotatable bonds is 3. The monoisotopic (exact) mass is 398 g/mol. The van der Waals surface area contributed by atoms with Crippen LogP contribution in [0.4, 0.5) is 10.6 Å². The quantitative estimate of drug-likeness (QED) is 0.850. The van der Waals surface area contributed by atoms with Crippen molar-refractivity contribution in [2.75, 3.05) is 24.5 Å². The molecular weight excluding hydrogens is 368 g/mol. The van der Waals surface area contributed by atoms with Crippen molar-refractivity contribution in [1.82, 2.24) is 34.9 Å². The van der Waals surface area contributed by atoms with Crippen LogP contribution in [0, 0.1) is 13.8 Å². The lowest BCUT2D eigenvalue weighted by Crippen LogP contribution is -2.51. The third kappa shape index (κ3) is 4.18. The smallest absolute Gasteiger partial charge is 0.318 e. The fourth-order valence-electron chi connectivity index (χ4n) is 4.16. The Morgan fingerprint density at radius 1 is 1.10 bits per heavy atom. The van der Waals surface area contributed by atoms with Gasteiger partial charge in [0, 0.05) is 49.9 Å². The van der Waals surface area contributed by atoms with Gasteiger partial charge in [-0.05, 0) is 26.7 Å². The highest BCUT2D eigenvalue weighted by atomic mass is 16.2. The van der Waals surface area contributed by atoms with Crippen molar-refractivity contribution in [3.63, 3.8) is 0 Å². The molecule has 1 N–H and O–H groups in total. The van der Waals surface area contributed by atoms with Crippen LogP contribution in [0.1, 0.15) is 55.8 Å². The van der Waals surface area contributed by atoms with E-state index in [0.717, 1.165) is 61.5 Å². The van der Waals surface area contributed by atoms with E-state index < -0.39 is 0 Å². The highest BCUT2D eigenvalue weighted by Gasteiger charge is 2.28. The zero-order valence-electron chi connectivity index (χ0n) is 17.7. The zero-order chi connectivity index (χ0) is 20.5. The number of carbonyl (C=O) groups is 1. The lowest BCUT2D eigenvalue weighted by molar-refractivity contribution is 0.175. The molecule has 0 radical (unpaired) electrons. The Balaban J connectivity index is 1.31. The standard InChI is InChI=1S/C20H30N8O/c1-13(2)19-25-24-18-12-27(9-10-28(18)19)20(29)23-16-5-7-26(8-6-16)17-11-14(3)21-15(4)22-17/h11,13,16H,5-10,12H2,1-4H3,(H,23,29). The van der Waals surface area contributed by atoms with E-state index >= 15 is 0 Å². The van der Waals surface area contributed by atoms with Gasteiger partial charge in [-0.15, -0.1) is 10.2 Å². The first kappa shape index (κ1) is 19.6. The number of carbonyl (C=O) groups excluding carboxylic acids is 1. The molecule has 9 nitrogen and oxygen atoms in total. The van der Waals surface area contributed by atoms with Crippen molar-refractivity contribution in [2.24, 2.45) is 0 Å². The van der Waals surface area contributed by atoms with Gasteiger partial charge < -0.3 is 19.7 Å². The molecule has 156 valence electrons. The number of amides is 2. The summed E-state index contributed by atoms with van der Waals surface area (Å²) in [6.45, 7) is 11.9. The van der Waals surface area contributed by atoms with E-state index in [0.29, 0.717) is 19.0 Å². The molecule has 0 aliphatic carbocycles. The van der Waals surface area contributed by atoms with E-state index in [2.05, 4.69) is 48.8 Å². The molecule has 29 heavy (non-hydrogen) atoms. The Bertz CT molecular complexity index is 864. The van der Waals surface area contributed by atoms with Gasteiger partial charge in [-0.25, -0.2) is 14.8 Å². The molecule has 1 fully saturated rings. The molecular formula is C20H30N8O. The minimum Gasteiger partial charge on any atom is -0.356 e. The van der Waals surface area contributed by atoms with E-state index in [1.165, 1.54) is 0 Å². The molecule has 2 aliphatic heterocycles. The van der Waals surface area contributed by atoms with Crippen LogP contribution in [-0.2, 0) is 13.1 Å². The first-order chi connectivity index (χ1) is 13.9. The molecule has 2 aromatic rings. The number of hydrogen-bond acceptors (Lipinski definition) is 6. The van der Waals surface area contributed by atoms with E-state index in [1.807, 2.05) is 24.8 Å². The summed E-state index contributed by atoms with van der Waals surface area (Å²) in [4.78, 5) is 25.8. The van der Waals surface area contributed by atoms with E-state index in [9.17, 15) is 4.79 Å². The maximum absolute atomic E-state index is 12.8. The van der Waals surface area contributed by atoms with Crippen LogP contribution in [0.15, 0.2) is 6.07 Å². The lowest BCUT2D eigenvalue weighted by Gasteiger charge is -2.35. The number of fused-ring (bicyclic) bond motifs is 1. The number of aromatic nitrogens is 5. The van der Waals surface area contributed by atoms with Crippen LogP contribution >= 0.6 is 0 Å². The van der Waals surface area contributed by atoms with Crippen molar-refractivity contribution in [1.29, 1.82) is 0 Å². The zero-order valence-corrected chi connectivity index (χ0v) is 17.7. The number of aryl methyl sites for hydroxylation is 2. The Labute approximate surface area is 171 Å². The average molecular weight is 399 g/mol. The van der Waals surface area contributed by atoms with E-state index in [1.54, 1.807) is 0 Å². The second-order valence-electron chi connectivity index (χ2n) is 8.33. The summed E-state index contributed by atoms with van der Waals surface area (Å²) < 4.78 is 2.15. The highest BCUT2D eigenvalue weighted by Crippen LogP contribution is 2.21. The van der Waals surface area contributed by atoms with Crippen LogP contribution in [-0.4, -0.2) is 61.3 Å².